The molecule has 0 saturated carbocycles. The van der Waals surface area contributed by atoms with Gasteiger partial charge >= 0.3 is 0 Å². The van der Waals surface area contributed by atoms with Crippen LogP contribution in [0.5, 0.6) is 0 Å². The fourth-order valence-corrected chi connectivity index (χ4v) is 1.99. The predicted molar refractivity (Wildman–Crippen MR) is 77.0 cm³/mol. The first-order valence-corrected chi connectivity index (χ1v) is 7.51. The van der Waals surface area contributed by atoms with Crippen LogP contribution in [-0.2, 0) is 9.47 Å². The maximum absolute atomic E-state index is 5.77. The molecule has 0 aromatic rings. The summed E-state index contributed by atoms with van der Waals surface area (Å²) in [4.78, 5) is 0. The molecule has 0 unspecified atom stereocenters. The second-order valence-electron chi connectivity index (χ2n) is 3.89. The van der Waals surface area contributed by atoms with Gasteiger partial charge in [-0.05, 0) is 12.8 Å². The van der Waals surface area contributed by atoms with E-state index >= 15 is 0 Å². The van der Waals surface area contributed by atoms with Gasteiger partial charge in [0.2, 0.25) is 0 Å². The van der Waals surface area contributed by atoms with E-state index in [1.54, 1.807) is 0 Å². The SMILES string of the molecule is CCCCO[C@@H](CS)[C@@H](CS)OCCCC. The Balaban J connectivity index is 3.85. The largest absolute Gasteiger partial charge is 0.375 e. The lowest BCUT2D eigenvalue weighted by atomic mass is 10.2. The topological polar surface area (TPSA) is 18.5 Å². The van der Waals surface area contributed by atoms with E-state index in [0.717, 1.165) is 38.9 Å². The van der Waals surface area contributed by atoms with Crippen LogP contribution in [0.4, 0.5) is 0 Å². The Labute approximate surface area is 111 Å². The zero-order chi connectivity index (χ0) is 12.2. The fourth-order valence-electron chi connectivity index (χ4n) is 1.31. The fraction of sp³-hybridized carbons (Fsp3) is 1.00. The third kappa shape index (κ3) is 7.82. The summed E-state index contributed by atoms with van der Waals surface area (Å²) < 4.78 is 11.5. The van der Waals surface area contributed by atoms with Crippen molar-refractivity contribution in [1.82, 2.24) is 0 Å². The molecule has 0 amide bonds. The van der Waals surface area contributed by atoms with Crippen molar-refractivity contribution < 1.29 is 9.47 Å². The Hall–Kier alpha value is 0.620. The van der Waals surface area contributed by atoms with E-state index in [1.807, 2.05) is 0 Å². The van der Waals surface area contributed by atoms with Gasteiger partial charge in [0.25, 0.3) is 0 Å². The molecule has 0 bridgehead atoms. The first-order chi connectivity index (χ1) is 7.79. The van der Waals surface area contributed by atoms with Gasteiger partial charge < -0.3 is 9.47 Å². The van der Waals surface area contributed by atoms with E-state index in [9.17, 15) is 0 Å². The van der Waals surface area contributed by atoms with Crippen molar-refractivity contribution in [2.24, 2.45) is 0 Å². The van der Waals surface area contributed by atoms with Crippen LogP contribution in [0.15, 0.2) is 0 Å². The van der Waals surface area contributed by atoms with Gasteiger partial charge in [-0.3, -0.25) is 0 Å². The lowest BCUT2D eigenvalue weighted by Gasteiger charge is -2.25. The quantitative estimate of drug-likeness (QED) is 0.442. The second kappa shape index (κ2) is 12.1. The monoisotopic (exact) mass is 266 g/mol. The first-order valence-electron chi connectivity index (χ1n) is 6.25. The highest BCUT2D eigenvalue weighted by molar-refractivity contribution is 7.80. The normalized spacial score (nSPS) is 15.0. The van der Waals surface area contributed by atoms with E-state index < -0.39 is 0 Å². The summed E-state index contributed by atoms with van der Waals surface area (Å²) in [6.45, 7) is 5.91. The molecule has 16 heavy (non-hydrogen) atoms. The van der Waals surface area contributed by atoms with Gasteiger partial charge in [-0.15, -0.1) is 0 Å². The van der Waals surface area contributed by atoms with Gasteiger partial charge in [-0.2, -0.15) is 25.3 Å². The van der Waals surface area contributed by atoms with E-state index in [0.29, 0.717) is 11.5 Å². The van der Waals surface area contributed by atoms with Crippen LogP contribution >= 0.6 is 25.3 Å². The van der Waals surface area contributed by atoms with Gasteiger partial charge in [0, 0.05) is 24.7 Å². The first kappa shape index (κ1) is 16.6. The molecule has 0 saturated heterocycles. The molecule has 0 aliphatic carbocycles. The highest BCUT2D eigenvalue weighted by atomic mass is 32.1. The molecule has 0 rings (SSSR count). The number of hydrogen-bond donors (Lipinski definition) is 2. The highest BCUT2D eigenvalue weighted by Gasteiger charge is 2.20. The number of unbranched alkanes of at least 4 members (excludes halogenated alkanes) is 2. The van der Waals surface area contributed by atoms with Gasteiger partial charge in [0.05, 0.1) is 12.2 Å². The van der Waals surface area contributed by atoms with Crippen molar-refractivity contribution >= 4 is 25.3 Å². The Morgan fingerprint density at radius 1 is 0.812 bits per heavy atom. The average Bonchev–Trinajstić information content (AvgIpc) is 2.31. The number of hydrogen-bond acceptors (Lipinski definition) is 4. The van der Waals surface area contributed by atoms with Crippen LogP contribution in [0.2, 0.25) is 0 Å². The summed E-state index contributed by atoms with van der Waals surface area (Å²) in [6, 6.07) is 0. The minimum absolute atomic E-state index is 0.0734. The third-order valence-corrected chi connectivity index (χ3v) is 3.15. The van der Waals surface area contributed by atoms with E-state index in [1.165, 1.54) is 0 Å². The van der Waals surface area contributed by atoms with Crippen molar-refractivity contribution in [2.75, 3.05) is 24.7 Å². The summed E-state index contributed by atoms with van der Waals surface area (Å²) in [7, 11) is 0. The minimum atomic E-state index is 0.0734. The second-order valence-corrected chi connectivity index (χ2v) is 4.62. The number of rotatable bonds is 11. The van der Waals surface area contributed by atoms with Crippen molar-refractivity contribution in [3.8, 4) is 0 Å². The Morgan fingerprint density at radius 3 is 1.44 bits per heavy atom. The van der Waals surface area contributed by atoms with Gasteiger partial charge in [-0.25, -0.2) is 0 Å². The maximum Gasteiger partial charge on any atom is 0.0932 e. The lowest BCUT2D eigenvalue weighted by Crippen LogP contribution is -2.35. The van der Waals surface area contributed by atoms with Crippen molar-refractivity contribution in [3.63, 3.8) is 0 Å². The summed E-state index contributed by atoms with van der Waals surface area (Å²) >= 11 is 8.63. The molecule has 0 aliphatic heterocycles. The van der Waals surface area contributed by atoms with Crippen LogP contribution < -0.4 is 0 Å². The standard InChI is InChI=1S/C12H26O2S2/c1-3-5-7-13-11(9-15)12(10-16)14-8-6-4-2/h11-12,15-16H,3-10H2,1-2H3/t11-,12+. The molecule has 2 atom stereocenters. The molecule has 0 radical (unpaired) electrons. The molecule has 2 nitrogen and oxygen atoms in total. The molecule has 0 N–H and O–H groups in total. The molecule has 0 aliphatic rings. The molecular weight excluding hydrogens is 240 g/mol. The van der Waals surface area contributed by atoms with Crippen LogP contribution in [0.3, 0.4) is 0 Å². The predicted octanol–water partition coefficient (Wildman–Crippen LogP) is 3.22. The maximum atomic E-state index is 5.77. The summed E-state index contributed by atoms with van der Waals surface area (Å²) in [5.74, 6) is 1.39. The van der Waals surface area contributed by atoms with Crippen molar-refractivity contribution in [2.45, 2.75) is 51.7 Å². The van der Waals surface area contributed by atoms with Crippen molar-refractivity contribution in [3.05, 3.63) is 0 Å². The summed E-state index contributed by atoms with van der Waals surface area (Å²) in [6.07, 6.45) is 4.65. The van der Waals surface area contributed by atoms with E-state index in [-0.39, 0.29) is 12.2 Å². The van der Waals surface area contributed by atoms with Crippen LogP contribution in [0.1, 0.15) is 39.5 Å². The molecule has 0 aromatic heterocycles. The third-order valence-electron chi connectivity index (χ3n) is 2.43. The molecule has 0 fully saturated rings. The number of ether oxygens (including phenoxy) is 2. The van der Waals surface area contributed by atoms with Gasteiger partial charge in [0.1, 0.15) is 0 Å². The minimum Gasteiger partial charge on any atom is -0.375 e. The summed E-state index contributed by atoms with van der Waals surface area (Å²) in [5.41, 5.74) is 0. The Kier molecular flexibility index (Phi) is 12.6. The summed E-state index contributed by atoms with van der Waals surface area (Å²) in [5, 5.41) is 0. The molecule has 0 heterocycles. The smallest absolute Gasteiger partial charge is 0.0932 e. The molecular formula is C12H26O2S2. The van der Waals surface area contributed by atoms with Crippen molar-refractivity contribution in [1.29, 1.82) is 0 Å². The van der Waals surface area contributed by atoms with E-state index in [2.05, 4.69) is 39.1 Å². The van der Waals surface area contributed by atoms with E-state index in [4.69, 9.17) is 9.47 Å². The molecule has 0 aromatic carbocycles. The zero-order valence-corrected chi connectivity index (χ0v) is 12.3. The van der Waals surface area contributed by atoms with Crippen LogP contribution in [0.25, 0.3) is 0 Å². The zero-order valence-electron chi connectivity index (χ0n) is 10.5. The van der Waals surface area contributed by atoms with Gasteiger partial charge in [0.15, 0.2) is 0 Å². The molecule has 0 spiro atoms. The Bertz CT molecular complexity index is 129. The van der Waals surface area contributed by atoms with Crippen LogP contribution in [0, 0.1) is 0 Å². The van der Waals surface area contributed by atoms with Gasteiger partial charge in [-0.1, -0.05) is 26.7 Å². The van der Waals surface area contributed by atoms with Crippen LogP contribution in [-0.4, -0.2) is 36.9 Å². The highest BCUT2D eigenvalue weighted by Crippen LogP contribution is 2.10. The average molecular weight is 266 g/mol. The molecule has 98 valence electrons. The number of thiol groups is 2. The lowest BCUT2D eigenvalue weighted by molar-refractivity contribution is -0.0525. The Morgan fingerprint density at radius 2 is 1.19 bits per heavy atom. The molecule has 4 heteroatoms.